The first-order chi connectivity index (χ1) is 5.93. The van der Waals surface area contributed by atoms with E-state index in [1.807, 2.05) is 5.92 Å². The van der Waals surface area contributed by atoms with Crippen molar-refractivity contribution in [3.05, 3.63) is 5.92 Å². The quantitative estimate of drug-likeness (QED) is 0.580. The lowest BCUT2D eigenvalue weighted by Gasteiger charge is -2.23. The molecule has 0 aromatic carbocycles. The molecule has 2 bridgehead atoms. The van der Waals surface area contributed by atoms with E-state index < -0.39 is 0 Å². The molecule has 2 saturated heterocycles. The summed E-state index contributed by atoms with van der Waals surface area (Å²) in [5, 5.41) is 0. The highest BCUT2D eigenvalue weighted by molar-refractivity contribution is 5.08. The second kappa shape index (κ2) is 2.73. The van der Waals surface area contributed by atoms with E-state index in [1.165, 1.54) is 44.9 Å². The van der Waals surface area contributed by atoms with Crippen LogP contribution in [0.5, 0.6) is 0 Å². The van der Waals surface area contributed by atoms with Crippen LogP contribution in [0.4, 0.5) is 0 Å². The summed E-state index contributed by atoms with van der Waals surface area (Å²) < 4.78 is 5.88. The Labute approximate surface area is 74.5 Å². The average Bonchev–Trinajstić information content (AvgIpc) is 2.81. The van der Waals surface area contributed by atoms with Gasteiger partial charge in [-0.05, 0) is 43.9 Å². The van der Waals surface area contributed by atoms with Gasteiger partial charge in [-0.25, -0.2) is 0 Å². The van der Waals surface area contributed by atoms with Crippen molar-refractivity contribution in [2.24, 2.45) is 5.92 Å². The zero-order chi connectivity index (χ0) is 7.97. The Balaban J connectivity index is 1.69. The Morgan fingerprint density at radius 1 is 1.08 bits per heavy atom. The van der Waals surface area contributed by atoms with Crippen molar-refractivity contribution in [3.8, 4) is 0 Å². The second-order valence-corrected chi connectivity index (χ2v) is 4.58. The van der Waals surface area contributed by atoms with Crippen molar-refractivity contribution in [3.63, 3.8) is 0 Å². The molecule has 0 N–H and O–H groups in total. The molecule has 3 fully saturated rings. The van der Waals surface area contributed by atoms with Crippen LogP contribution in [0.2, 0.25) is 0 Å². The van der Waals surface area contributed by atoms with Gasteiger partial charge < -0.3 is 4.74 Å². The first kappa shape index (κ1) is 7.37. The molecular formula is C11H17O. The minimum Gasteiger partial charge on any atom is -0.375 e. The SMILES string of the molecule is C1CC[C](C2CC3CCC2O3)C1. The average molecular weight is 165 g/mol. The molecule has 3 aliphatic rings. The van der Waals surface area contributed by atoms with Gasteiger partial charge in [0.1, 0.15) is 0 Å². The van der Waals surface area contributed by atoms with E-state index in [0.717, 1.165) is 5.92 Å². The third-order valence-corrected chi connectivity index (χ3v) is 3.88. The summed E-state index contributed by atoms with van der Waals surface area (Å²) in [5.41, 5.74) is 0. The molecule has 3 unspecified atom stereocenters. The summed E-state index contributed by atoms with van der Waals surface area (Å²) in [6.07, 6.45) is 11.1. The summed E-state index contributed by atoms with van der Waals surface area (Å²) >= 11 is 0. The van der Waals surface area contributed by atoms with Crippen LogP contribution in [0.25, 0.3) is 0 Å². The molecule has 0 aromatic heterocycles. The highest BCUT2D eigenvalue weighted by Gasteiger charge is 2.44. The maximum absolute atomic E-state index is 5.88. The van der Waals surface area contributed by atoms with Crippen LogP contribution >= 0.6 is 0 Å². The number of ether oxygens (including phenoxy) is 1. The van der Waals surface area contributed by atoms with Gasteiger partial charge in [-0.1, -0.05) is 12.8 Å². The highest BCUT2D eigenvalue weighted by Crippen LogP contribution is 2.47. The van der Waals surface area contributed by atoms with Crippen LogP contribution in [-0.2, 0) is 4.74 Å². The third-order valence-electron chi connectivity index (χ3n) is 3.88. The molecule has 12 heavy (non-hydrogen) atoms. The van der Waals surface area contributed by atoms with E-state index >= 15 is 0 Å². The topological polar surface area (TPSA) is 9.23 Å². The maximum atomic E-state index is 5.88. The Morgan fingerprint density at radius 2 is 1.92 bits per heavy atom. The van der Waals surface area contributed by atoms with Gasteiger partial charge in [0.2, 0.25) is 0 Å². The van der Waals surface area contributed by atoms with Crippen LogP contribution < -0.4 is 0 Å². The van der Waals surface area contributed by atoms with Gasteiger partial charge in [0.05, 0.1) is 12.2 Å². The first-order valence-corrected chi connectivity index (χ1v) is 5.43. The van der Waals surface area contributed by atoms with Crippen molar-refractivity contribution >= 4 is 0 Å². The van der Waals surface area contributed by atoms with Crippen LogP contribution in [0.1, 0.15) is 44.9 Å². The molecule has 67 valence electrons. The second-order valence-electron chi connectivity index (χ2n) is 4.58. The molecule has 0 spiro atoms. The monoisotopic (exact) mass is 165 g/mol. The van der Waals surface area contributed by atoms with Gasteiger partial charge in [-0.2, -0.15) is 0 Å². The number of hydrogen-bond acceptors (Lipinski definition) is 1. The minimum absolute atomic E-state index is 0.642. The van der Waals surface area contributed by atoms with E-state index in [4.69, 9.17) is 4.74 Å². The smallest absolute Gasteiger partial charge is 0.0614 e. The first-order valence-electron chi connectivity index (χ1n) is 5.43. The van der Waals surface area contributed by atoms with Crippen molar-refractivity contribution in [2.45, 2.75) is 57.2 Å². The van der Waals surface area contributed by atoms with Crippen LogP contribution in [0, 0.1) is 11.8 Å². The zero-order valence-corrected chi connectivity index (χ0v) is 7.59. The molecule has 2 heterocycles. The molecule has 1 radical (unpaired) electrons. The summed E-state index contributed by atoms with van der Waals surface area (Å²) in [4.78, 5) is 0. The molecule has 0 aromatic rings. The molecule has 1 nitrogen and oxygen atoms in total. The summed E-state index contributed by atoms with van der Waals surface area (Å²) in [6.45, 7) is 0. The van der Waals surface area contributed by atoms with Gasteiger partial charge >= 0.3 is 0 Å². The van der Waals surface area contributed by atoms with E-state index in [0.29, 0.717) is 12.2 Å². The summed E-state index contributed by atoms with van der Waals surface area (Å²) in [5.74, 6) is 2.73. The third kappa shape index (κ3) is 1.02. The fourth-order valence-corrected chi connectivity index (χ4v) is 3.27. The van der Waals surface area contributed by atoms with Gasteiger partial charge in [0.25, 0.3) is 0 Å². The lowest BCUT2D eigenvalue weighted by atomic mass is 9.79. The van der Waals surface area contributed by atoms with Crippen LogP contribution in [0.15, 0.2) is 0 Å². The number of rotatable bonds is 1. The van der Waals surface area contributed by atoms with Crippen molar-refractivity contribution in [1.82, 2.24) is 0 Å². The van der Waals surface area contributed by atoms with Crippen LogP contribution in [-0.4, -0.2) is 12.2 Å². The Bertz CT molecular complexity index is 172. The molecule has 3 atom stereocenters. The fourth-order valence-electron chi connectivity index (χ4n) is 3.27. The van der Waals surface area contributed by atoms with Crippen molar-refractivity contribution in [1.29, 1.82) is 0 Å². The Hall–Kier alpha value is -0.0400. The fraction of sp³-hybridized carbons (Fsp3) is 0.909. The summed E-state index contributed by atoms with van der Waals surface area (Å²) in [7, 11) is 0. The maximum Gasteiger partial charge on any atom is 0.0614 e. The molecule has 3 rings (SSSR count). The van der Waals surface area contributed by atoms with Gasteiger partial charge in [0, 0.05) is 0 Å². The molecule has 1 heteroatoms. The van der Waals surface area contributed by atoms with Gasteiger partial charge in [-0.3, -0.25) is 0 Å². The van der Waals surface area contributed by atoms with E-state index in [1.54, 1.807) is 0 Å². The highest BCUT2D eigenvalue weighted by atomic mass is 16.5. The standard InChI is InChI=1S/C11H17O/c1-2-4-8(3-1)10-7-9-5-6-11(10)12-9/h9-11H,1-7H2. The molecule has 1 saturated carbocycles. The number of hydrogen-bond donors (Lipinski definition) is 0. The molecular weight excluding hydrogens is 148 g/mol. The van der Waals surface area contributed by atoms with Gasteiger partial charge in [0.15, 0.2) is 0 Å². The normalized spacial score (nSPS) is 47.5. The lowest BCUT2D eigenvalue weighted by molar-refractivity contribution is 0.0937. The largest absolute Gasteiger partial charge is 0.375 e. The Kier molecular flexibility index (Phi) is 1.68. The van der Waals surface area contributed by atoms with Gasteiger partial charge in [-0.15, -0.1) is 0 Å². The van der Waals surface area contributed by atoms with Crippen molar-refractivity contribution in [2.75, 3.05) is 0 Å². The Morgan fingerprint density at radius 3 is 2.50 bits per heavy atom. The van der Waals surface area contributed by atoms with E-state index in [9.17, 15) is 0 Å². The molecule has 0 amide bonds. The minimum atomic E-state index is 0.642. The summed E-state index contributed by atoms with van der Waals surface area (Å²) in [6, 6.07) is 0. The van der Waals surface area contributed by atoms with Crippen molar-refractivity contribution < 1.29 is 4.74 Å². The van der Waals surface area contributed by atoms with E-state index in [2.05, 4.69) is 0 Å². The number of fused-ring (bicyclic) bond motifs is 2. The predicted molar refractivity (Wildman–Crippen MR) is 47.7 cm³/mol. The molecule has 2 aliphatic heterocycles. The van der Waals surface area contributed by atoms with Crippen LogP contribution in [0.3, 0.4) is 0 Å². The zero-order valence-electron chi connectivity index (χ0n) is 7.59. The predicted octanol–water partition coefficient (Wildman–Crippen LogP) is 2.70. The lowest BCUT2D eigenvalue weighted by Crippen LogP contribution is -2.21. The van der Waals surface area contributed by atoms with E-state index in [-0.39, 0.29) is 0 Å². The molecule has 1 aliphatic carbocycles.